The zero-order valence-corrected chi connectivity index (χ0v) is 15.8. The van der Waals surface area contributed by atoms with E-state index in [1.807, 2.05) is 0 Å². The quantitative estimate of drug-likeness (QED) is 0.311. The SMILES string of the molecule is O=[N+]([O-])c1ccc(C=NNc2ccc(S(=O)(=O)Nc3ccccc3)cc2[N+](=O)[O-])o1. The Kier molecular flexibility index (Phi) is 5.73. The van der Waals surface area contributed by atoms with Crippen LogP contribution in [0.5, 0.6) is 0 Å². The number of nitro groups is 2. The van der Waals surface area contributed by atoms with E-state index in [0.29, 0.717) is 5.69 Å². The third kappa shape index (κ3) is 4.77. The van der Waals surface area contributed by atoms with E-state index < -0.39 is 31.4 Å². The maximum absolute atomic E-state index is 12.5. The molecular formula is C17H13N5O7S. The molecule has 0 amide bonds. The van der Waals surface area contributed by atoms with Crippen LogP contribution in [0.4, 0.5) is 22.9 Å². The Morgan fingerprint density at radius 3 is 2.33 bits per heavy atom. The van der Waals surface area contributed by atoms with E-state index in [9.17, 15) is 28.6 Å². The smallest absolute Gasteiger partial charge is 0.400 e. The summed E-state index contributed by atoms with van der Waals surface area (Å²) in [5.41, 5.74) is 2.08. The van der Waals surface area contributed by atoms with Gasteiger partial charge in [-0.05, 0) is 30.3 Å². The lowest BCUT2D eigenvalue weighted by Gasteiger charge is -2.09. The molecule has 0 radical (unpaired) electrons. The van der Waals surface area contributed by atoms with Gasteiger partial charge in [-0.1, -0.05) is 18.2 Å². The van der Waals surface area contributed by atoms with Gasteiger partial charge in [-0.3, -0.25) is 30.4 Å². The molecule has 1 aromatic heterocycles. The lowest BCUT2D eigenvalue weighted by atomic mass is 10.3. The summed E-state index contributed by atoms with van der Waals surface area (Å²) in [5, 5.41) is 25.7. The number of anilines is 2. The molecule has 0 bridgehead atoms. The van der Waals surface area contributed by atoms with Gasteiger partial charge in [0.1, 0.15) is 10.6 Å². The van der Waals surface area contributed by atoms with Crippen LogP contribution >= 0.6 is 0 Å². The van der Waals surface area contributed by atoms with E-state index in [4.69, 9.17) is 4.42 Å². The number of nitrogens with one attached hydrogen (secondary N) is 2. The van der Waals surface area contributed by atoms with Gasteiger partial charge >= 0.3 is 5.88 Å². The average Bonchev–Trinajstić information content (AvgIpc) is 3.17. The molecule has 0 fully saturated rings. The van der Waals surface area contributed by atoms with E-state index in [1.54, 1.807) is 18.2 Å². The molecule has 13 heteroatoms. The number of para-hydroxylation sites is 1. The minimum atomic E-state index is -4.05. The number of hydrogen-bond acceptors (Lipinski definition) is 9. The van der Waals surface area contributed by atoms with Crippen molar-refractivity contribution in [3.8, 4) is 0 Å². The van der Waals surface area contributed by atoms with Crippen LogP contribution in [0.25, 0.3) is 0 Å². The molecule has 0 aliphatic rings. The predicted molar refractivity (Wildman–Crippen MR) is 107 cm³/mol. The zero-order chi connectivity index (χ0) is 21.7. The summed E-state index contributed by atoms with van der Waals surface area (Å²) in [6, 6.07) is 13.7. The van der Waals surface area contributed by atoms with Gasteiger partial charge in [-0.2, -0.15) is 5.10 Å². The molecule has 154 valence electrons. The second-order valence-corrected chi connectivity index (χ2v) is 7.39. The summed E-state index contributed by atoms with van der Waals surface area (Å²) >= 11 is 0. The molecule has 2 N–H and O–H groups in total. The van der Waals surface area contributed by atoms with Gasteiger partial charge < -0.3 is 4.42 Å². The van der Waals surface area contributed by atoms with Crippen molar-refractivity contribution < 1.29 is 22.7 Å². The van der Waals surface area contributed by atoms with Crippen LogP contribution in [-0.2, 0) is 10.0 Å². The standard InChI is InChI=1S/C17H13N5O7S/c23-21(24)16-10-14(30(27,28)20-12-4-2-1-3-5-12)7-8-15(16)19-18-11-13-6-9-17(29-13)22(25)26/h1-11,19-20H. The highest BCUT2D eigenvalue weighted by Crippen LogP contribution is 2.28. The normalized spacial score (nSPS) is 11.3. The molecule has 3 rings (SSSR count). The number of hydrazone groups is 1. The Balaban J connectivity index is 1.82. The Hall–Kier alpha value is -4.26. The van der Waals surface area contributed by atoms with Crippen LogP contribution in [0.1, 0.15) is 5.76 Å². The zero-order valence-electron chi connectivity index (χ0n) is 15.0. The van der Waals surface area contributed by atoms with Crippen LogP contribution < -0.4 is 10.1 Å². The fraction of sp³-hybridized carbons (Fsp3) is 0. The Bertz CT molecular complexity index is 1220. The summed E-state index contributed by atoms with van der Waals surface area (Å²) in [6.45, 7) is 0. The highest BCUT2D eigenvalue weighted by atomic mass is 32.2. The molecule has 0 aliphatic heterocycles. The molecular weight excluding hydrogens is 418 g/mol. The molecule has 30 heavy (non-hydrogen) atoms. The summed E-state index contributed by atoms with van der Waals surface area (Å²) in [5.74, 6) is -0.439. The highest BCUT2D eigenvalue weighted by molar-refractivity contribution is 7.92. The van der Waals surface area contributed by atoms with Crippen molar-refractivity contribution in [1.29, 1.82) is 0 Å². The summed E-state index contributed by atoms with van der Waals surface area (Å²) in [6.07, 6.45) is 1.08. The van der Waals surface area contributed by atoms with Crippen LogP contribution in [-0.4, -0.2) is 24.5 Å². The molecule has 2 aromatic carbocycles. The van der Waals surface area contributed by atoms with E-state index >= 15 is 0 Å². The van der Waals surface area contributed by atoms with Crippen molar-refractivity contribution in [2.24, 2.45) is 5.10 Å². The fourth-order valence-corrected chi connectivity index (χ4v) is 3.40. The highest BCUT2D eigenvalue weighted by Gasteiger charge is 2.21. The summed E-state index contributed by atoms with van der Waals surface area (Å²) < 4.78 is 32.2. The summed E-state index contributed by atoms with van der Waals surface area (Å²) in [4.78, 5) is 20.2. The third-order valence-electron chi connectivity index (χ3n) is 3.67. The number of furan rings is 1. The topological polar surface area (TPSA) is 170 Å². The fourth-order valence-electron chi connectivity index (χ4n) is 2.32. The van der Waals surface area contributed by atoms with Gasteiger partial charge in [0.15, 0.2) is 5.76 Å². The van der Waals surface area contributed by atoms with E-state index in [-0.39, 0.29) is 16.3 Å². The first-order chi connectivity index (χ1) is 14.3. The molecule has 12 nitrogen and oxygen atoms in total. The Morgan fingerprint density at radius 2 is 1.70 bits per heavy atom. The van der Waals surface area contributed by atoms with Crippen LogP contribution in [0.3, 0.4) is 0 Å². The first-order valence-corrected chi connectivity index (χ1v) is 9.64. The number of benzene rings is 2. The molecule has 0 aliphatic carbocycles. The molecule has 1 heterocycles. The van der Waals surface area contributed by atoms with Gasteiger partial charge in [0.05, 0.1) is 22.1 Å². The largest absolute Gasteiger partial charge is 0.433 e. The molecule has 0 saturated heterocycles. The number of nitrogens with zero attached hydrogens (tertiary/aromatic N) is 3. The van der Waals surface area contributed by atoms with Crippen molar-refractivity contribution in [3.05, 3.63) is 86.7 Å². The maximum atomic E-state index is 12.5. The molecule has 0 atom stereocenters. The molecule has 0 spiro atoms. The second kappa shape index (κ2) is 8.40. The maximum Gasteiger partial charge on any atom is 0.433 e. The molecule has 0 unspecified atom stereocenters. The summed E-state index contributed by atoms with van der Waals surface area (Å²) in [7, 11) is -4.05. The lowest BCUT2D eigenvalue weighted by molar-refractivity contribution is -0.402. The van der Waals surface area contributed by atoms with Gasteiger partial charge in [0.25, 0.3) is 15.7 Å². The monoisotopic (exact) mass is 431 g/mol. The first kappa shape index (κ1) is 20.5. The lowest BCUT2D eigenvalue weighted by Crippen LogP contribution is -2.13. The van der Waals surface area contributed by atoms with E-state index in [2.05, 4.69) is 15.2 Å². The van der Waals surface area contributed by atoms with Crippen LogP contribution in [0.15, 0.2) is 75.1 Å². The van der Waals surface area contributed by atoms with Crippen molar-refractivity contribution in [2.45, 2.75) is 4.90 Å². The number of hydrogen-bond donors (Lipinski definition) is 2. The van der Waals surface area contributed by atoms with Gasteiger partial charge in [-0.15, -0.1) is 0 Å². The minimum Gasteiger partial charge on any atom is -0.400 e. The van der Waals surface area contributed by atoms with Crippen molar-refractivity contribution in [2.75, 3.05) is 10.1 Å². The third-order valence-corrected chi connectivity index (χ3v) is 5.05. The Labute approximate surface area is 169 Å². The van der Waals surface area contributed by atoms with Crippen LogP contribution in [0, 0.1) is 20.2 Å². The molecule has 0 saturated carbocycles. The molecule has 3 aromatic rings. The number of nitro benzene ring substituents is 1. The van der Waals surface area contributed by atoms with Crippen molar-refractivity contribution >= 4 is 39.2 Å². The van der Waals surface area contributed by atoms with E-state index in [0.717, 1.165) is 18.3 Å². The van der Waals surface area contributed by atoms with Crippen molar-refractivity contribution in [3.63, 3.8) is 0 Å². The van der Waals surface area contributed by atoms with Gasteiger partial charge in [0.2, 0.25) is 0 Å². The Morgan fingerprint density at radius 1 is 0.967 bits per heavy atom. The van der Waals surface area contributed by atoms with Gasteiger partial charge in [0, 0.05) is 11.8 Å². The van der Waals surface area contributed by atoms with Crippen LogP contribution in [0.2, 0.25) is 0 Å². The predicted octanol–water partition coefficient (Wildman–Crippen LogP) is 3.34. The first-order valence-electron chi connectivity index (χ1n) is 8.16. The number of sulfonamides is 1. The average molecular weight is 431 g/mol. The van der Waals surface area contributed by atoms with Crippen molar-refractivity contribution in [1.82, 2.24) is 0 Å². The van der Waals surface area contributed by atoms with E-state index in [1.165, 1.54) is 30.3 Å². The second-order valence-electron chi connectivity index (χ2n) is 5.71. The minimum absolute atomic E-state index is 0.0445. The van der Waals surface area contributed by atoms with Gasteiger partial charge in [-0.25, -0.2) is 8.42 Å². The number of rotatable bonds is 8.